The number of aliphatic hydroxyl groups is 1. The molecule has 7 nitrogen and oxygen atoms in total. The zero-order chi connectivity index (χ0) is 18.7. The lowest BCUT2D eigenvalue weighted by molar-refractivity contribution is 0.266. The predicted octanol–water partition coefficient (Wildman–Crippen LogP) is 3.03. The number of nitrogens with zero attached hydrogens (tertiary/aromatic N) is 5. The second-order valence-corrected chi connectivity index (χ2v) is 6.71. The fourth-order valence-electron chi connectivity index (χ4n) is 2.58. The van der Waals surface area contributed by atoms with Crippen LogP contribution in [0.15, 0.2) is 30.3 Å². The smallest absolute Gasteiger partial charge is 0.188 e. The second kappa shape index (κ2) is 7.88. The molecular formula is C18H22ClN5O2. The van der Waals surface area contributed by atoms with Crippen LogP contribution in [-0.4, -0.2) is 36.3 Å². The Balaban J connectivity index is 1.86. The lowest BCUT2D eigenvalue weighted by Gasteiger charge is -2.03. The van der Waals surface area contributed by atoms with Crippen LogP contribution in [-0.2, 0) is 20.2 Å². The predicted molar refractivity (Wildman–Crippen MR) is 99.2 cm³/mol. The van der Waals surface area contributed by atoms with Crippen LogP contribution in [0, 0.1) is 0 Å². The minimum Gasteiger partial charge on any atom is -0.485 e. The van der Waals surface area contributed by atoms with E-state index in [1.54, 1.807) is 21.5 Å². The topological polar surface area (TPSA) is 78.0 Å². The van der Waals surface area contributed by atoms with Crippen LogP contribution < -0.4 is 4.74 Å². The Bertz CT molecular complexity index is 888. The number of rotatable bonds is 7. The number of halogens is 1. The van der Waals surface area contributed by atoms with E-state index in [4.69, 9.17) is 16.3 Å². The monoisotopic (exact) mass is 375 g/mol. The first-order valence-corrected chi connectivity index (χ1v) is 8.83. The number of hydrogen-bond acceptors (Lipinski definition) is 5. The summed E-state index contributed by atoms with van der Waals surface area (Å²) < 4.78 is 9.19. The number of aryl methyl sites for hydroxylation is 1. The van der Waals surface area contributed by atoms with Crippen LogP contribution in [0.3, 0.4) is 0 Å². The summed E-state index contributed by atoms with van der Waals surface area (Å²) >= 11 is 5.97. The summed E-state index contributed by atoms with van der Waals surface area (Å²) in [7, 11) is 1.88. The van der Waals surface area contributed by atoms with Crippen molar-refractivity contribution in [3.8, 4) is 17.3 Å². The molecule has 2 heterocycles. The molecule has 2 aromatic heterocycles. The van der Waals surface area contributed by atoms with Crippen molar-refractivity contribution in [2.45, 2.75) is 32.9 Å². The highest BCUT2D eigenvalue weighted by atomic mass is 35.5. The Kier molecular flexibility index (Phi) is 5.58. The van der Waals surface area contributed by atoms with Gasteiger partial charge >= 0.3 is 0 Å². The maximum atomic E-state index is 9.34. The third-order valence-electron chi connectivity index (χ3n) is 3.91. The summed E-state index contributed by atoms with van der Waals surface area (Å²) in [5, 5.41) is 18.9. The lowest BCUT2D eigenvalue weighted by Crippen LogP contribution is -2.08. The second-order valence-electron chi connectivity index (χ2n) is 6.28. The van der Waals surface area contributed by atoms with E-state index in [9.17, 15) is 5.11 Å². The van der Waals surface area contributed by atoms with Crippen LogP contribution in [0.5, 0.6) is 5.75 Å². The van der Waals surface area contributed by atoms with E-state index in [1.165, 1.54) is 0 Å². The maximum Gasteiger partial charge on any atom is 0.188 e. The number of hydrogen-bond donors (Lipinski definition) is 1. The van der Waals surface area contributed by atoms with Crippen LogP contribution >= 0.6 is 11.6 Å². The first kappa shape index (κ1) is 18.4. The number of aromatic nitrogens is 5. The average molecular weight is 376 g/mol. The molecule has 1 aromatic carbocycles. The molecule has 138 valence electrons. The lowest BCUT2D eigenvalue weighted by atomic mass is 10.1. The SMILES string of the molecule is CC(C)c1cc(-c2nc(COc3cccc(Cl)c3)nn2CCO)n(C)n1. The molecule has 0 bridgehead atoms. The molecule has 0 amide bonds. The summed E-state index contributed by atoms with van der Waals surface area (Å²) in [5.74, 6) is 2.15. The fraction of sp³-hybridized carbons (Fsp3) is 0.389. The van der Waals surface area contributed by atoms with E-state index in [0.717, 1.165) is 11.4 Å². The minimum atomic E-state index is -0.0279. The highest BCUT2D eigenvalue weighted by molar-refractivity contribution is 6.30. The van der Waals surface area contributed by atoms with Gasteiger partial charge in [-0.15, -0.1) is 0 Å². The normalized spacial score (nSPS) is 11.3. The molecule has 3 aromatic rings. The summed E-state index contributed by atoms with van der Waals surface area (Å²) in [4.78, 5) is 4.59. The Morgan fingerprint density at radius 3 is 2.69 bits per heavy atom. The van der Waals surface area contributed by atoms with Crippen molar-refractivity contribution >= 4 is 11.6 Å². The van der Waals surface area contributed by atoms with Gasteiger partial charge in [-0.25, -0.2) is 9.67 Å². The van der Waals surface area contributed by atoms with E-state index in [1.807, 2.05) is 25.2 Å². The highest BCUT2D eigenvalue weighted by Gasteiger charge is 2.18. The van der Waals surface area contributed by atoms with Crippen molar-refractivity contribution in [2.75, 3.05) is 6.61 Å². The van der Waals surface area contributed by atoms with Gasteiger partial charge in [0.15, 0.2) is 11.6 Å². The molecule has 0 saturated heterocycles. The number of benzene rings is 1. The molecule has 0 aliphatic rings. The van der Waals surface area contributed by atoms with Gasteiger partial charge in [0.2, 0.25) is 0 Å². The van der Waals surface area contributed by atoms with Crippen LogP contribution in [0.1, 0.15) is 31.3 Å². The van der Waals surface area contributed by atoms with Crippen LogP contribution in [0.2, 0.25) is 5.02 Å². The summed E-state index contributed by atoms with van der Waals surface area (Å²) in [5.41, 5.74) is 1.83. The molecule has 0 aliphatic heterocycles. The van der Waals surface area contributed by atoms with Crippen molar-refractivity contribution in [3.05, 3.63) is 46.9 Å². The van der Waals surface area contributed by atoms with Gasteiger partial charge in [-0.2, -0.15) is 10.2 Å². The molecule has 0 unspecified atom stereocenters. The maximum absolute atomic E-state index is 9.34. The zero-order valence-corrected chi connectivity index (χ0v) is 15.8. The number of aliphatic hydroxyl groups excluding tert-OH is 1. The van der Waals surface area contributed by atoms with E-state index < -0.39 is 0 Å². The van der Waals surface area contributed by atoms with Gasteiger partial charge < -0.3 is 9.84 Å². The summed E-state index contributed by atoms with van der Waals surface area (Å²) in [6.45, 7) is 4.71. The molecule has 3 rings (SSSR count). The van der Waals surface area contributed by atoms with E-state index in [2.05, 4.69) is 29.0 Å². The Morgan fingerprint density at radius 1 is 1.23 bits per heavy atom. The molecule has 0 fully saturated rings. The van der Waals surface area contributed by atoms with E-state index >= 15 is 0 Å². The van der Waals surface area contributed by atoms with Crippen LogP contribution in [0.4, 0.5) is 0 Å². The van der Waals surface area contributed by atoms with Gasteiger partial charge in [-0.05, 0) is 30.2 Å². The number of ether oxygens (including phenoxy) is 1. The standard InChI is InChI=1S/C18H22ClN5O2/c1-12(2)15-10-16(23(3)21-15)18-20-17(22-24(18)7-8-25)11-26-14-6-4-5-13(19)9-14/h4-6,9-10,12,25H,7-8,11H2,1-3H3. The summed E-state index contributed by atoms with van der Waals surface area (Å²) in [6, 6.07) is 9.18. The molecule has 0 saturated carbocycles. The van der Waals surface area contributed by atoms with Gasteiger partial charge in [0.05, 0.1) is 18.8 Å². The molecule has 1 N–H and O–H groups in total. The zero-order valence-electron chi connectivity index (χ0n) is 15.1. The third-order valence-corrected chi connectivity index (χ3v) is 4.15. The largest absolute Gasteiger partial charge is 0.485 e. The highest BCUT2D eigenvalue weighted by Crippen LogP contribution is 2.23. The van der Waals surface area contributed by atoms with Crippen LogP contribution in [0.25, 0.3) is 11.5 Å². The summed E-state index contributed by atoms with van der Waals surface area (Å²) in [6.07, 6.45) is 0. The first-order chi connectivity index (χ1) is 12.5. The van der Waals surface area contributed by atoms with E-state index in [0.29, 0.717) is 34.9 Å². The Morgan fingerprint density at radius 2 is 2.04 bits per heavy atom. The molecule has 0 atom stereocenters. The Hall–Kier alpha value is -2.38. The fourth-order valence-corrected chi connectivity index (χ4v) is 2.76. The average Bonchev–Trinajstić information content (AvgIpc) is 3.17. The minimum absolute atomic E-state index is 0.0279. The van der Waals surface area contributed by atoms with Crippen molar-refractivity contribution in [3.63, 3.8) is 0 Å². The van der Waals surface area contributed by atoms with Crippen molar-refractivity contribution in [1.82, 2.24) is 24.5 Å². The third kappa shape index (κ3) is 4.05. The van der Waals surface area contributed by atoms with Gasteiger partial charge in [-0.3, -0.25) is 4.68 Å². The van der Waals surface area contributed by atoms with Crippen molar-refractivity contribution in [1.29, 1.82) is 0 Å². The van der Waals surface area contributed by atoms with Gasteiger partial charge in [0.1, 0.15) is 18.1 Å². The van der Waals surface area contributed by atoms with Gasteiger partial charge in [0.25, 0.3) is 0 Å². The molecule has 0 aliphatic carbocycles. The van der Waals surface area contributed by atoms with Crippen molar-refractivity contribution < 1.29 is 9.84 Å². The molecule has 26 heavy (non-hydrogen) atoms. The van der Waals surface area contributed by atoms with Gasteiger partial charge in [0, 0.05) is 12.1 Å². The Labute approximate surface area is 157 Å². The molecule has 0 spiro atoms. The van der Waals surface area contributed by atoms with E-state index in [-0.39, 0.29) is 13.2 Å². The molecule has 8 heteroatoms. The van der Waals surface area contributed by atoms with Gasteiger partial charge in [-0.1, -0.05) is 31.5 Å². The quantitative estimate of drug-likeness (QED) is 0.686. The van der Waals surface area contributed by atoms with Crippen molar-refractivity contribution in [2.24, 2.45) is 7.05 Å². The molecular weight excluding hydrogens is 354 g/mol. The molecule has 0 radical (unpaired) electrons. The first-order valence-electron chi connectivity index (χ1n) is 8.45.